The van der Waals surface area contributed by atoms with Crippen LogP contribution in [0.2, 0.25) is 0 Å². The number of hydrogen-bond acceptors (Lipinski definition) is 6. The number of aldehydes is 1. The molecular weight excluding hydrogens is 532 g/mol. The molecule has 42 heavy (non-hydrogen) atoms. The summed E-state index contributed by atoms with van der Waals surface area (Å²) in [5, 5.41) is 2.98. The van der Waals surface area contributed by atoms with Gasteiger partial charge in [-0.2, -0.15) is 0 Å². The van der Waals surface area contributed by atoms with Gasteiger partial charge in [-0.15, -0.1) is 0 Å². The Morgan fingerprint density at radius 3 is 2.55 bits per heavy atom. The largest absolute Gasteiger partial charge is 0.384 e. The minimum absolute atomic E-state index is 0.0422. The van der Waals surface area contributed by atoms with Crippen molar-refractivity contribution < 1.29 is 13.6 Å². The first kappa shape index (κ1) is 35.5. The average molecular weight is 588 g/mol. The van der Waals surface area contributed by atoms with Crippen LogP contribution in [-0.4, -0.2) is 49.6 Å². The number of unbranched alkanes of at least 4 members (excludes halogenated alkanes) is 2. The molecule has 2 fully saturated rings. The first-order valence-electron chi connectivity index (χ1n) is 15.8. The zero-order chi connectivity index (χ0) is 31.0. The van der Waals surface area contributed by atoms with E-state index in [0.29, 0.717) is 12.2 Å². The van der Waals surface area contributed by atoms with E-state index in [2.05, 4.69) is 53.2 Å². The van der Waals surface area contributed by atoms with Gasteiger partial charge < -0.3 is 26.5 Å². The lowest BCUT2D eigenvalue weighted by Crippen LogP contribution is -2.33. The van der Waals surface area contributed by atoms with Crippen molar-refractivity contribution in [3.63, 3.8) is 0 Å². The lowest BCUT2D eigenvalue weighted by molar-refractivity contribution is -0.107. The average Bonchev–Trinajstić information content (AvgIpc) is 3.37. The predicted molar refractivity (Wildman–Crippen MR) is 172 cm³/mol. The fourth-order valence-electron chi connectivity index (χ4n) is 5.80. The standard InChI is InChI=1S/C16H26N4.C13H19F2N.C5H10O/c1-3-20(13-16(17)18-2)15-9-5-4-8-14(15)12-19-10-6-7-11-19;1-13(15)8-10(14)6-5-9-3-2-4-11(16)7-12(9)13;1-2-3-4-5-6/h4-5,8-9,13,18H,3,6-7,10-12,17H2,1-2H3;5,8,11-12H,2-4,6-7,16H2,1H3;5H,2-4H2,1H3/b16-13-;;/t;11-,12?,13?;/m.0./s1. The number of fused-ring (bicyclic) bond motifs is 1. The molecule has 0 aromatic heterocycles. The van der Waals surface area contributed by atoms with E-state index in [9.17, 15) is 13.6 Å². The van der Waals surface area contributed by atoms with E-state index in [4.69, 9.17) is 11.5 Å². The normalized spacial score (nSPS) is 24.3. The van der Waals surface area contributed by atoms with Crippen LogP contribution in [0, 0.1) is 5.92 Å². The Kier molecular flexibility index (Phi) is 15.8. The molecule has 1 heterocycles. The number of hydrogen-bond donors (Lipinski definition) is 3. The molecule has 8 heteroatoms. The van der Waals surface area contributed by atoms with Gasteiger partial charge >= 0.3 is 0 Å². The van der Waals surface area contributed by atoms with E-state index in [1.165, 1.54) is 44.1 Å². The van der Waals surface area contributed by atoms with Gasteiger partial charge in [-0.1, -0.05) is 43.2 Å². The van der Waals surface area contributed by atoms with E-state index in [0.717, 1.165) is 69.5 Å². The molecule has 2 unspecified atom stereocenters. The summed E-state index contributed by atoms with van der Waals surface area (Å²) in [5.41, 5.74) is 13.9. The van der Waals surface area contributed by atoms with Crippen LogP contribution in [0.1, 0.15) is 90.5 Å². The summed E-state index contributed by atoms with van der Waals surface area (Å²) in [5.74, 6) is 0.0835. The molecule has 0 radical (unpaired) electrons. The van der Waals surface area contributed by atoms with Gasteiger partial charge in [-0.25, -0.2) is 8.78 Å². The van der Waals surface area contributed by atoms with Gasteiger partial charge in [0.05, 0.1) is 0 Å². The number of para-hydroxylation sites is 1. The summed E-state index contributed by atoms with van der Waals surface area (Å²) >= 11 is 0. The summed E-state index contributed by atoms with van der Waals surface area (Å²) in [4.78, 5) is 14.3. The van der Waals surface area contributed by atoms with Crippen LogP contribution in [0.25, 0.3) is 0 Å². The Balaban J connectivity index is 0.000000250. The van der Waals surface area contributed by atoms with Crippen molar-refractivity contribution in [3.8, 4) is 0 Å². The molecule has 1 aromatic rings. The molecule has 3 aliphatic rings. The van der Waals surface area contributed by atoms with E-state index < -0.39 is 5.67 Å². The number of anilines is 1. The lowest BCUT2D eigenvalue weighted by atomic mass is 9.81. The van der Waals surface area contributed by atoms with E-state index in [1.54, 1.807) is 0 Å². The van der Waals surface area contributed by atoms with Gasteiger partial charge in [0.25, 0.3) is 0 Å². The quantitative estimate of drug-likeness (QED) is 0.166. The second-order valence-electron chi connectivity index (χ2n) is 11.7. The number of carbonyl (C=O) groups is 1. The van der Waals surface area contributed by atoms with Crippen molar-refractivity contribution in [1.29, 1.82) is 0 Å². The highest BCUT2D eigenvalue weighted by molar-refractivity contribution is 5.56. The summed E-state index contributed by atoms with van der Waals surface area (Å²) in [7, 11) is 1.84. The summed E-state index contributed by atoms with van der Waals surface area (Å²) in [6.45, 7) is 10.0. The van der Waals surface area contributed by atoms with Crippen molar-refractivity contribution >= 4 is 12.0 Å². The maximum atomic E-state index is 14.5. The van der Waals surface area contributed by atoms with Gasteiger partial charge in [0.2, 0.25) is 0 Å². The SMILES string of the molecule is CC1(F)C=C(F)CC=C2CCC[C@H](N)CC21.CCCCC=O.CCN(/C=C(/N)NC)c1ccccc1CN1CCCC1. The lowest BCUT2D eigenvalue weighted by Gasteiger charge is -2.29. The Hall–Kier alpha value is -2.71. The Morgan fingerprint density at radius 2 is 1.93 bits per heavy atom. The molecule has 5 N–H and O–H groups in total. The maximum Gasteiger partial charge on any atom is 0.135 e. The minimum Gasteiger partial charge on any atom is -0.384 e. The Bertz CT molecular complexity index is 1030. The fourth-order valence-corrected chi connectivity index (χ4v) is 5.80. The third-order valence-corrected chi connectivity index (χ3v) is 8.20. The zero-order valence-electron chi connectivity index (χ0n) is 26.4. The van der Waals surface area contributed by atoms with Crippen LogP contribution >= 0.6 is 0 Å². The minimum atomic E-state index is -1.59. The molecule has 1 saturated carbocycles. The van der Waals surface area contributed by atoms with Crippen molar-refractivity contribution in [2.24, 2.45) is 17.4 Å². The highest BCUT2D eigenvalue weighted by Crippen LogP contribution is 2.41. The number of likely N-dealkylation sites (tertiary alicyclic amines) is 1. The first-order chi connectivity index (χ1) is 20.1. The zero-order valence-corrected chi connectivity index (χ0v) is 26.4. The molecule has 1 aromatic carbocycles. The molecule has 4 rings (SSSR count). The second-order valence-corrected chi connectivity index (χ2v) is 11.7. The Labute approximate surface area is 253 Å². The van der Waals surface area contributed by atoms with E-state index in [-0.39, 0.29) is 24.2 Å². The molecule has 0 bridgehead atoms. The number of nitrogens with zero attached hydrogens (tertiary/aromatic N) is 2. The molecule has 2 aliphatic carbocycles. The van der Waals surface area contributed by atoms with Crippen molar-refractivity contribution in [2.45, 2.75) is 103 Å². The third-order valence-electron chi connectivity index (χ3n) is 8.20. The summed E-state index contributed by atoms with van der Waals surface area (Å²) < 4.78 is 27.8. The highest BCUT2D eigenvalue weighted by Gasteiger charge is 2.38. The highest BCUT2D eigenvalue weighted by atomic mass is 19.1. The molecule has 1 aliphatic heterocycles. The number of benzene rings is 1. The first-order valence-corrected chi connectivity index (χ1v) is 15.8. The van der Waals surface area contributed by atoms with Gasteiger partial charge in [0.1, 0.15) is 23.6 Å². The number of nitrogens with one attached hydrogen (secondary N) is 1. The summed E-state index contributed by atoms with van der Waals surface area (Å²) in [6.07, 6.45) is 15.1. The molecular formula is C34H55F2N5O. The van der Waals surface area contributed by atoms with E-state index >= 15 is 0 Å². The van der Waals surface area contributed by atoms with Crippen LogP contribution in [0.4, 0.5) is 14.5 Å². The van der Waals surface area contributed by atoms with Gasteiger partial charge in [-0.05, 0) is 89.6 Å². The number of rotatable bonds is 9. The smallest absolute Gasteiger partial charge is 0.135 e. The molecule has 1 saturated heterocycles. The molecule has 6 nitrogen and oxygen atoms in total. The predicted octanol–water partition coefficient (Wildman–Crippen LogP) is 6.88. The van der Waals surface area contributed by atoms with Gasteiger partial charge in [0.15, 0.2) is 0 Å². The van der Waals surface area contributed by atoms with Gasteiger partial charge in [0, 0.05) is 56.8 Å². The molecule has 236 valence electrons. The molecule has 0 spiro atoms. The van der Waals surface area contributed by atoms with Crippen molar-refractivity contribution in [2.75, 3.05) is 31.6 Å². The van der Waals surface area contributed by atoms with Gasteiger partial charge in [-0.3, -0.25) is 4.90 Å². The molecule has 3 atom stereocenters. The number of allylic oxidation sites excluding steroid dienone is 4. The van der Waals surface area contributed by atoms with Crippen LogP contribution in [-0.2, 0) is 11.3 Å². The molecule has 0 amide bonds. The maximum absolute atomic E-state index is 14.5. The second kappa shape index (κ2) is 18.7. The number of alkyl halides is 1. The Morgan fingerprint density at radius 1 is 1.21 bits per heavy atom. The van der Waals surface area contributed by atoms with E-state index in [1.807, 2.05) is 19.3 Å². The number of carbonyl (C=O) groups excluding carboxylic acids is 1. The number of halogens is 2. The van der Waals surface area contributed by atoms with Crippen LogP contribution in [0.3, 0.4) is 0 Å². The van der Waals surface area contributed by atoms with Crippen molar-refractivity contribution in [1.82, 2.24) is 10.2 Å². The van der Waals surface area contributed by atoms with Crippen LogP contribution in [0.15, 0.2) is 59.8 Å². The fraction of sp³-hybridized carbons (Fsp3) is 0.618. The monoisotopic (exact) mass is 587 g/mol. The third kappa shape index (κ3) is 11.9. The van der Waals surface area contributed by atoms with Crippen molar-refractivity contribution in [3.05, 3.63) is 65.4 Å². The topological polar surface area (TPSA) is 87.6 Å². The van der Waals surface area contributed by atoms with Crippen LogP contribution in [0.5, 0.6) is 0 Å². The number of nitrogens with two attached hydrogens (primary N) is 2. The van der Waals surface area contributed by atoms with Crippen LogP contribution < -0.4 is 21.7 Å². The summed E-state index contributed by atoms with van der Waals surface area (Å²) in [6, 6.07) is 8.65.